The summed E-state index contributed by atoms with van der Waals surface area (Å²) in [7, 11) is 0. The fourth-order valence-corrected chi connectivity index (χ4v) is 2.33. The van der Waals surface area contributed by atoms with E-state index < -0.39 is 6.04 Å². The number of amides is 1. The highest BCUT2D eigenvalue weighted by molar-refractivity contribution is 7.15. The molecule has 1 unspecified atom stereocenters. The van der Waals surface area contributed by atoms with E-state index in [1.165, 1.54) is 11.3 Å². The maximum atomic E-state index is 11.6. The van der Waals surface area contributed by atoms with Crippen LogP contribution in [0.2, 0.25) is 0 Å². The van der Waals surface area contributed by atoms with Gasteiger partial charge in [-0.2, -0.15) is 0 Å². The van der Waals surface area contributed by atoms with Gasteiger partial charge in [0, 0.05) is 6.42 Å². The molecule has 0 aliphatic heterocycles. The quantitative estimate of drug-likeness (QED) is 0.842. The predicted molar refractivity (Wildman–Crippen MR) is 77.2 cm³/mol. The van der Waals surface area contributed by atoms with E-state index in [4.69, 9.17) is 5.73 Å². The van der Waals surface area contributed by atoms with Gasteiger partial charge < -0.3 is 5.73 Å². The molecule has 0 saturated carbocycles. The van der Waals surface area contributed by atoms with E-state index in [9.17, 15) is 4.79 Å². The maximum Gasteiger partial charge on any atom is 0.243 e. The SMILES string of the molecule is CCCC(N)C(=O)Nc1nnc(CC(C)C)s1.Cl. The van der Waals surface area contributed by atoms with Gasteiger partial charge in [0.1, 0.15) is 5.01 Å². The maximum absolute atomic E-state index is 11.6. The molecule has 0 radical (unpaired) electrons. The van der Waals surface area contributed by atoms with Crippen molar-refractivity contribution in [1.82, 2.24) is 10.2 Å². The Kier molecular flexibility index (Phi) is 8.06. The van der Waals surface area contributed by atoms with Crippen molar-refractivity contribution >= 4 is 34.8 Å². The monoisotopic (exact) mass is 292 g/mol. The number of anilines is 1. The van der Waals surface area contributed by atoms with Crippen LogP contribution in [0.1, 0.15) is 38.6 Å². The van der Waals surface area contributed by atoms with E-state index in [0.717, 1.165) is 17.8 Å². The summed E-state index contributed by atoms with van der Waals surface area (Å²) in [5, 5.41) is 12.1. The molecule has 18 heavy (non-hydrogen) atoms. The number of nitrogens with one attached hydrogen (secondary N) is 1. The van der Waals surface area contributed by atoms with Crippen LogP contribution in [-0.4, -0.2) is 22.1 Å². The minimum absolute atomic E-state index is 0. The summed E-state index contributed by atoms with van der Waals surface area (Å²) < 4.78 is 0. The smallest absolute Gasteiger partial charge is 0.243 e. The zero-order chi connectivity index (χ0) is 12.8. The van der Waals surface area contributed by atoms with Crippen molar-refractivity contribution in [2.24, 2.45) is 11.7 Å². The molecule has 1 atom stereocenters. The number of carbonyl (C=O) groups is 1. The molecule has 0 bridgehead atoms. The molecule has 1 amide bonds. The van der Waals surface area contributed by atoms with Crippen molar-refractivity contribution in [3.05, 3.63) is 5.01 Å². The first kappa shape index (κ1) is 17.3. The topological polar surface area (TPSA) is 80.9 Å². The predicted octanol–water partition coefficient (Wildman–Crippen LogP) is 2.22. The lowest BCUT2D eigenvalue weighted by Gasteiger charge is -2.08. The summed E-state index contributed by atoms with van der Waals surface area (Å²) in [6, 6.07) is -0.461. The highest BCUT2D eigenvalue weighted by Crippen LogP contribution is 2.18. The third-order valence-corrected chi connectivity index (χ3v) is 3.08. The van der Waals surface area contributed by atoms with Crippen LogP contribution in [-0.2, 0) is 11.2 Å². The standard InChI is InChI=1S/C11H20N4OS.ClH/c1-4-5-8(12)10(16)13-11-15-14-9(17-11)6-7(2)3;/h7-8H,4-6,12H2,1-3H3,(H,13,15,16);1H. The van der Waals surface area contributed by atoms with Crippen LogP contribution in [0.15, 0.2) is 0 Å². The number of nitrogens with zero attached hydrogens (tertiary/aromatic N) is 2. The van der Waals surface area contributed by atoms with Gasteiger partial charge in [0.2, 0.25) is 11.0 Å². The number of aromatic nitrogens is 2. The zero-order valence-corrected chi connectivity index (χ0v) is 12.6. The van der Waals surface area contributed by atoms with Crippen LogP contribution in [0.3, 0.4) is 0 Å². The Hall–Kier alpha value is -0.720. The molecule has 0 aliphatic carbocycles. The summed E-state index contributed by atoms with van der Waals surface area (Å²) in [6.07, 6.45) is 2.46. The van der Waals surface area contributed by atoms with Crippen molar-refractivity contribution in [3.63, 3.8) is 0 Å². The molecule has 0 aromatic carbocycles. The van der Waals surface area contributed by atoms with Crippen LogP contribution in [0.5, 0.6) is 0 Å². The minimum Gasteiger partial charge on any atom is -0.320 e. The van der Waals surface area contributed by atoms with Gasteiger partial charge in [-0.15, -0.1) is 22.6 Å². The van der Waals surface area contributed by atoms with Crippen molar-refractivity contribution in [1.29, 1.82) is 0 Å². The van der Waals surface area contributed by atoms with Crippen LogP contribution in [0, 0.1) is 5.92 Å². The highest BCUT2D eigenvalue weighted by atomic mass is 35.5. The van der Waals surface area contributed by atoms with Crippen LogP contribution in [0.4, 0.5) is 5.13 Å². The average molecular weight is 293 g/mol. The lowest BCUT2D eigenvalue weighted by Crippen LogP contribution is -2.35. The van der Waals surface area contributed by atoms with E-state index >= 15 is 0 Å². The number of halogens is 1. The molecule has 104 valence electrons. The average Bonchev–Trinajstić information content (AvgIpc) is 2.64. The summed E-state index contributed by atoms with van der Waals surface area (Å²) >= 11 is 1.42. The van der Waals surface area contributed by atoms with Gasteiger partial charge in [-0.05, 0) is 12.3 Å². The van der Waals surface area contributed by atoms with Crippen molar-refractivity contribution in [2.75, 3.05) is 5.32 Å². The molecule has 1 aromatic heterocycles. The normalized spacial score (nSPS) is 12.1. The number of hydrogen-bond acceptors (Lipinski definition) is 5. The molecule has 1 heterocycles. The van der Waals surface area contributed by atoms with Gasteiger partial charge in [-0.3, -0.25) is 10.1 Å². The Morgan fingerprint density at radius 3 is 2.67 bits per heavy atom. The largest absolute Gasteiger partial charge is 0.320 e. The van der Waals surface area contributed by atoms with E-state index in [2.05, 4.69) is 29.4 Å². The van der Waals surface area contributed by atoms with Crippen LogP contribution < -0.4 is 11.1 Å². The fourth-order valence-electron chi connectivity index (χ4n) is 1.38. The Balaban J connectivity index is 0.00000289. The van der Waals surface area contributed by atoms with Gasteiger partial charge in [0.05, 0.1) is 6.04 Å². The molecule has 0 aliphatic rings. The molecule has 1 aromatic rings. The van der Waals surface area contributed by atoms with E-state index in [-0.39, 0.29) is 18.3 Å². The van der Waals surface area contributed by atoms with E-state index in [1.54, 1.807) is 0 Å². The molecule has 3 N–H and O–H groups in total. The molecular formula is C11H21ClN4OS. The van der Waals surface area contributed by atoms with Gasteiger partial charge >= 0.3 is 0 Å². The minimum atomic E-state index is -0.461. The molecule has 7 heteroatoms. The Labute approximate surface area is 118 Å². The zero-order valence-electron chi connectivity index (χ0n) is 11.0. The Bertz CT molecular complexity index is 370. The summed E-state index contributed by atoms with van der Waals surface area (Å²) in [4.78, 5) is 11.6. The first-order valence-corrected chi connectivity index (χ1v) is 6.73. The first-order valence-electron chi connectivity index (χ1n) is 5.91. The third-order valence-electron chi connectivity index (χ3n) is 2.22. The van der Waals surface area contributed by atoms with Gasteiger partial charge in [-0.1, -0.05) is 38.5 Å². The van der Waals surface area contributed by atoms with Crippen molar-refractivity contribution < 1.29 is 4.79 Å². The lowest BCUT2D eigenvalue weighted by molar-refractivity contribution is -0.117. The summed E-state index contributed by atoms with van der Waals surface area (Å²) in [5.74, 6) is 0.355. The van der Waals surface area contributed by atoms with Crippen LogP contribution >= 0.6 is 23.7 Å². The van der Waals surface area contributed by atoms with Crippen LogP contribution in [0.25, 0.3) is 0 Å². The third kappa shape index (κ3) is 5.75. The number of nitrogens with two attached hydrogens (primary N) is 1. The van der Waals surface area contributed by atoms with Crippen molar-refractivity contribution in [3.8, 4) is 0 Å². The second kappa shape index (κ2) is 8.39. The van der Waals surface area contributed by atoms with E-state index in [0.29, 0.717) is 17.5 Å². The molecule has 5 nitrogen and oxygen atoms in total. The molecular weight excluding hydrogens is 272 g/mol. The number of carbonyl (C=O) groups excluding carboxylic acids is 1. The summed E-state index contributed by atoms with van der Waals surface area (Å²) in [5.41, 5.74) is 5.71. The molecule has 0 spiro atoms. The molecule has 0 saturated heterocycles. The molecule has 0 fully saturated rings. The van der Waals surface area contributed by atoms with Gasteiger partial charge in [0.25, 0.3) is 0 Å². The highest BCUT2D eigenvalue weighted by Gasteiger charge is 2.14. The first-order chi connectivity index (χ1) is 8.02. The number of rotatable bonds is 6. The second-order valence-electron chi connectivity index (χ2n) is 4.48. The summed E-state index contributed by atoms with van der Waals surface area (Å²) in [6.45, 7) is 6.24. The Morgan fingerprint density at radius 2 is 2.11 bits per heavy atom. The second-order valence-corrected chi connectivity index (χ2v) is 5.55. The number of hydrogen-bond donors (Lipinski definition) is 2. The molecule has 1 rings (SSSR count). The van der Waals surface area contributed by atoms with Gasteiger partial charge in [0.15, 0.2) is 0 Å². The lowest BCUT2D eigenvalue weighted by atomic mass is 10.1. The van der Waals surface area contributed by atoms with Gasteiger partial charge in [-0.25, -0.2) is 0 Å². The fraction of sp³-hybridized carbons (Fsp3) is 0.727. The van der Waals surface area contributed by atoms with E-state index in [1.807, 2.05) is 6.92 Å². The van der Waals surface area contributed by atoms with Crippen molar-refractivity contribution in [2.45, 2.75) is 46.1 Å². The Morgan fingerprint density at radius 1 is 1.44 bits per heavy atom.